The lowest BCUT2D eigenvalue weighted by Gasteiger charge is -2.12. The van der Waals surface area contributed by atoms with Crippen molar-refractivity contribution in [2.45, 2.75) is 13.5 Å². The summed E-state index contributed by atoms with van der Waals surface area (Å²) in [5, 5.41) is 4.10. The van der Waals surface area contributed by atoms with Crippen LogP contribution in [0.2, 0.25) is 0 Å². The lowest BCUT2D eigenvalue weighted by molar-refractivity contribution is 0.0560. The zero-order valence-corrected chi connectivity index (χ0v) is 19.8. The van der Waals surface area contributed by atoms with Gasteiger partial charge in [-0.1, -0.05) is 12.1 Å². The maximum absolute atomic E-state index is 12.7. The Hall–Kier alpha value is -4.79. The van der Waals surface area contributed by atoms with Crippen molar-refractivity contribution in [2.24, 2.45) is 5.10 Å². The highest BCUT2D eigenvalue weighted by Gasteiger charge is 2.13. The van der Waals surface area contributed by atoms with Crippen LogP contribution in [0.3, 0.4) is 0 Å². The Bertz CT molecular complexity index is 1360. The molecule has 0 spiro atoms. The molecular formula is C27H25N3O6. The van der Waals surface area contributed by atoms with Crippen molar-refractivity contribution in [3.63, 3.8) is 0 Å². The van der Waals surface area contributed by atoms with Crippen LogP contribution >= 0.6 is 0 Å². The molecule has 0 aliphatic rings. The summed E-state index contributed by atoms with van der Waals surface area (Å²) in [6, 6.07) is 19.5. The summed E-state index contributed by atoms with van der Waals surface area (Å²) in [7, 11) is 1.29. The fourth-order valence-corrected chi connectivity index (χ4v) is 3.42. The average molecular weight is 488 g/mol. The molecule has 0 radical (unpaired) electrons. The van der Waals surface area contributed by atoms with Crippen molar-refractivity contribution in [3.05, 3.63) is 102 Å². The van der Waals surface area contributed by atoms with Gasteiger partial charge in [-0.3, -0.25) is 4.79 Å². The first-order valence-corrected chi connectivity index (χ1v) is 11.2. The summed E-state index contributed by atoms with van der Waals surface area (Å²) in [5.41, 5.74) is 4.53. The Morgan fingerprint density at radius 1 is 1.00 bits per heavy atom. The largest absolute Gasteiger partial charge is 0.490 e. The van der Waals surface area contributed by atoms with Crippen LogP contribution in [0.25, 0.3) is 5.69 Å². The summed E-state index contributed by atoms with van der Waals surface area (Å²) in [6.07, 6.45) is 5.27. The SMILES string of the molecule is CCOc1cc(/C=N/NC(=O)c2ccccc2-n2cccc2)ccc1OCc1ccc(C(=O)OC)o1. The van der Waals surface area contributed by atoms with Gasteiger partial charge in [0.25, 0.3) is 5.91 Å². The zero-order valence-electron chi connectivity index (χ0n) is 19.8. The molecule has 4 aromatic rings. The summed E-state index contributed by atoms with van der Waals surface area (Å²) >= 11 is 0. The molecule has 36 heavy (non-hydrogen) atoms. The standard InChI is InChI=1S/C27H25N3O6/c1-3-34-25-16-19(10-12-23(25)35-18-20-11-13-24(36-20)27(32)33-2)17-28-29-26(31)21-8-4-5-9-22(21)30-14-6-7-15-30/h4-17H,3,18H2,1-2H3,(H,29,31)/b28-17+. The molecule has 2 aromatic carbocycles. The fourth-order valence-electron chi connectivity index (χ4n) is 3.42. The number of carbonyl (C=O) groups is 2. The van der Waals surface area contributed by atoms with E-state index >= 15 is 0 Å². The maximum atomic E-state index is 12.7. The summed E-state index contributed by atoms with van der Waals surface area (Å²) in [4.78, 5) is 24.3. The number of aromatic nitrogens is 1. The Kier molecular flexibility index (Phi) is 7.82. The van der Waals surface area contributed by atoms with Crippen LogP contribution in [0, 0.1) is 0 Å². The third-order valence-corrected chi connectivity index (χ3v) is 5.10. The van der Waals surface area contributed by atoms with Crippen LogP contribution in [0.1, 0.15) is 39.2 Å². The Balaban J connectivity index is 1.42. The smallest absolute Gasteiger partial charge is 0.373 e. The minimum atomic E-state index is -0.555. The Morgan fingerprint density at radius 3 is 2.58 bits per heavy atom. The van der Waals surface area contributed by atoms with Crippen LogP contribution in [0.4, 0.5) is 0 Å². The molecule has 0 unspecified atom stereocenters. The number of carbonyl (C=O) groups excluding carboxylic acids is 2. The zero-order chi connectivity index (χ0) is 25.3. The molecule has 0 atom stereocenters. The summed E-state index contributed by atoms with van der Waals surface area (Å²) < 4.78 is 23.4. The van der Waals surface area contributed by atoms with Gasteiger partial charge in [0.15, 0.2) is 11.5 Å². The number of esters is 1. The number of para-hydroxylation sites is 1. The molecule has 2 aromatic heterocycles. The third-order valence-electron chi connectivity index (χ3n) is 5.10. The number of methoxy groups -OCH3 is 1. The molecule has 4 rings (SSSR count). The summed E-state index contributed by atoms with van der Waals surface area (Å²) in [6.45, 7) is 2.39. The third kappa shape index (κ3) is 5.82. The average Bonchev–Trinajstić information content (AvgIpc) is 3.61. The fraction of sp³-hybridized carbons (Fsp3) is 0.148. The second-order valence-electron chi connectivity index (χ2n) is 7.49. The predicted octanol–water partition coefficient (Wildman–Crippen LogP) is 4.60. The minimum absolute atomic E-state index is 0.0986. The van der Waals surface area contributed by atoms with E-state index in [1.807, 2.05) is 48.1 Å². The van der Waals surface area contributed by atoms with Crippen molar-refractivity contribution in [1.82, 2.24) is 9.99 Å². The van der Waals surface area contributed by atoms with E-state index in [-0.39, 0.29) is 18.3 Å². The van der Waals surface area contributed by atoms with Gasteiger partial charge in [-0.25, -0.2) is 10.2 Å². The topological polar surface area (TPSA) is 104 Å². The number of hydrogen-bond acceptors (Lipinski definition) is 7. The number of hydrazone groups is 1. The molecule has 9 heteroatoms. The highest BCUT2D eigenvalue weighted by atomic mass is 16.5. The number of benzene rings is 2. The molecule has 0 saturated carbocycles. The van der Waals surface area contributed by atoms with Gasteiger partial charge in [-0.05, 0) is 67.1 Å². The number of furan rings is 1. The lowest BCUT2D eigenvalue weighted by atomic mass is 10.1. The molecule has 1 N–H and O–H groups in total. The van der Waals surface area contributed by atoms with Crippen LogP contribution in [-0.2, 0) is 11.3 Å². The van der Waals surface area contributed by atoms with Crippen molar-refractivity contribution in [2.75, 3.05) is 13.7 Å². The highest BCUT2D eigenvalue weighted by molar-refractivity contribution is 5.98. The normalized spacial score (nSPS) is 10.8. The summed E-state index contributed by atoms with van der Waals surface area (Å²) in [5.74, 6) is 0.683. The molecule has 0 aliphatic carbocycles. The molecule has 0 saturated heterocycles. The van der Waals surface area contributed by atoms with E-state index in [0.29, 0.717) is 35.0 Å². The quantitative estimate of drug-likeness (QED) is 0.199. The van der Waals surface area contributed by atoms with Gasteiger partial charge >= 0.3 is 5.97 Å². The second kappa shape index (κ2) is 11.6. The van der Waals surface area contributed by atoms with E-state index in [4.69, 9.17) is 13.9 Å². The number of rotatable bonds is 10. The highest BCUT2D eigenvalue weighted by Crippen LogP contribution is 2.29. The molecule has 2 heterocycles. The van der Waals surface area contributed by atoms with E-state index < -0.39 is 5.97 Å². The second-order valence-corrected chi connectivity index (χ2v) is 7.49. The number of ether oxygens (including phenoxy) is 3. The lowest BCUT2D eigenvalue weighted by Crippen LogP contribution is -2.19. The first-order valence-electron chi connectivity index (χ1n) is 11.2. The predicted molar refractivity (Wildman–Crippen MR) is 133 cm³/mol. The van der Waals surface area contributed by atoms with E-state index in [2.05, 4.69) is 15.3 Å². The number of nitrogens with one attached hydrogen (secondary N) is 1. The minimum Gasteiger partial charge on any atom is -0.490 e. The van der Waals surface area contributed by atoms with E-state index in [9.17, 15) is 9.59 Å². The first-order chi connectivity index (χ1) is 17.6. The molecule has 1 amide bonds. The first kappa shape index (κ1) is 24.3. The molecule has 9 nitrogen and oxygen atoms in total. The van der Waals surface area contributed by atoms with Crippen LogP contribution in [0.5, 0.6) is 11.5 Å². The number of nitrogens with zero attached hydrogens (tertiary/aromatic N) is 2. The van der Waals surface area contributed by atoms with Gasteiger partial charge in [-0.2, -0.15) is 5.10 Å². The number of hydrogen-bond donors (Lipinski definition) is 1. The van der Waals surface area contributed by atoms with Crippen LogP contribution in [-0.4, -0.2) is 36.4 Å². The van der Waals surface area contributed by atoms with E-state index in [0.717, 1.165) is 5.69 Å². The van der Waals surface area contributed by atoms with Gasteiger partial charge in [0.1, 0.15) is 12.4 Å². The van der Waals surface area contributed by atoms with Crippen molar-refractivity contribution < 1.29 is 28.2 Å². The van der Waals surface area contributed by atoms with Gasteiger partial charge in [0.2, 0.25) is 5.76 Å². The van der Waals surface area contributed by atoms with Crippen LogP contribution in [0.15, 0.2) is 88.6 Å². The Morgan fingerprint density at radius 2 is 1.81 bits per heavy atom. The van der Waals surface area contributed by atoms with Gasteiger partial charge in [0, 0.05) is 12.4 Å². The van der Waals surface area contributed by atoms with Crippen LogP contribution < -0.4 is 14.9 Å². The van der Waals surface area contributed by atoms with Gasteiger partial charge in [-0.15, -0.1) is 0 Å². The molecule has 184 valence electrons. The monoisotopic (exact) mass is 487 g/mol. The molecule has 0 aliphatic heterocycles. The van der Waals surface area contributed by atoms with Gasteiger partial charge in [0.05, 0.1) is 31.2 Å². The molecule has 0 bridgehead atoms. The van der Waals surface area contributed by atoms with Crippen molar-refractivity contribution in [3.8, 4) is 17.2 Å². The van der Waals surface area contributed by atoms with E-state index in [1.54, 1.807) is 36.4 Å². The van der Waals surface area contributed by atoms with E-state index in [1.165, 1.54) is 19.4 Å². The molecule has 0 fully saturated rings. The Labute approximate surface area is 207 Å². The maximum Gasteiger partial charge on any atom is 0.373 e. The number of amides is 1. The van der Waals surface area contributed by atoms with Gasteiger partial charge < -0.3 is 23.2 Å². The molecular weight excluding hydrogens is 462 g/mol. The van der Waals surface area contributed by atoms with Crippen molar-refractivity contribution in [1.29, 1.82) is 0 Å². The van der Waals surface area contributed by atoms with Crippen molar-refractivity contribution >= 4 is 18.1 Å².